The van der Waals surface area contributed by atoms with E-state index in [0.29, 0.717) is 5.69 Å². The lowest BCUT2D eigenvalue weighted by Crippen LogP contribution is -2.23. The zero-order valence-electron chi connectivity index (χ0n) is 13.5. The van der Waals surface area contributed by atoms with E-state index in [9.17, 15) is 8.78 Å². The molecule has 0 aliphatic heterocycles. The van der Waals surface area contributed by atoms with Crippen LogP contribution in [-0.4, -0.2) is 41.2 Å². The highest BCUT2D eigenvalue weighted by Gasteiger charge is 2.15. The molecule has 0 spiro atoms. The molecule has 3 aromatic heterocycles. The number of rotatable bonds is 7. The molecule has 0 aliphatic rings. The predicted molar refractivity (Wildman–Crippen MR) is 95.3 cm³/mol. The molecule has 128 valence electrons. The van der Waals surface area contributed by atoms with E-state index in [4.69, 9.17) is 4.98 Å². The van der Waals surface area contributed by atoms with Crippen LogP contribution in [0.3, 0.4) is 0 Å². The van der Waals surface area contributed by atoms with Gasteiger partial charge in [0.1, 0.15) is 5.82 Å². The van der Waals surface area contributed by atoms with Crippen molar-refractivity contribution in [3.8, 4) is 10.6 Å². The summed E-state index contributed by atoms with van der Waals surface area (Å²) in [7, 11) is 0. The zero-order valence-corrected chi connectivity index (χ0v) is 14.3. The summed E-state index contributed by atoms with van der Waals surface area (Å²) in [5.74, 6) is 0.790. The number of fused-ring (bicyclic) bond motifs is 1. The van der Waals surface area contributed by atoms with Crippen LogP contribution in [0.4, 0.5) is 20.3 Å². The Kier molecular flexibility index (Phi) is 4.94. The van der Waals surface area contributed by atoms with Gasteiger partial charge in [-0.05, 0) is 26.0 Å². The second kappa shape index (κ2) is 7.12. The van der Waals surface area contributed by atoms with Crippen LogP contribution >= 0.6 is 11.3 Å². The number of thiophene rings is 1. The van der Waals surface area contributed by atoms with Gasteiger partial charge in [0.05, 0.1) is 33.0 Å². The summed E-state index contributed by atoms with van der Waals surface area (Å²) in [6.07, 6.45) is -0.720. The number of aromatic nitrogens is 3. The number of aromatic amines is 1. The van der Waals surface area contributed by atoms with Crippen molar-refractivity contribution in [1.29, 1.82) is 0 Å². The highest BCUT2D eigenvalue weighted by Crippen LogP contribution is 2.37. The first-order valence-corrected chi connectivity index (χ1v) is 8.65. The fraction of sp³-hybridized carbons (Fsp3) is 0.375. The average Bonchev–Trinajstić information content (AvgIpc) is 3.22. The van der Waals surface area contributed by atoms with Crippen LogP contribution < -0.4 is 10.2 Å². The fourth-order valence-corrected chi connectivity index (χ4v) is 3.63. The zero-order chi connectivity index (χ0) is 17.1. The fourth-order valence-electron chi connectivity index (χ4n) is 2.56. The minimum atomic E-state index is -2.41. The standard InChI is InChI=1S/C16H19F2N5S/c1-3-23(4-2)15-8-11(19-9-14(17)18)16-12(21-15)7-13(24-16)10-5-6-20-22-10/h5-8,14H,3-4,9H2,1-2H3,(H,19,21)(H,20,22). The summed E-state index contributed by atoms with van der Waals surface area (Å²) in [6, 6.07) is 5.70. The van der Waals surface area contributed by atoms with Gasteiger partial charge in [-0.15, -0.1) is 11.3 Å². The number of anilines is 2. The van der Waals surface area contributed by atoms with E-state index < -0.39 is 6.43 Å². The van der Waals surface area contributed by atoms with Crippen molar-refractivity contribution in [1.82, 2.24) is 15.2 Å². The molecular formula is C16H19F2N5S. The third-order valence-corrected chi connectivity index (χ3v) is 4.96. The summed E-state index contributed by atoms with van der Waals surface area (Å²) in [6.45, 7) is 5.33. The first-order valence-electron chi connectivity index (χ1n) is 7.83. The molecule has 0 aromatic carbocycles. The van der Waals surface area contributed by atoms with E-state index in [2.05, 4.69) is 20.4 Å². The van der Waals surface area contributed by atoms with Gasteiger partial charge in [0.2, 0.25) is 0 Å². The van der Waals surface area contributed by atoms with Crippen LogP contribution in [0.5, 0.6) is 0 Å². The van der Waals surface area contributed by atoms with Crippen molar-refractivity contribution in [2.24, 2.45) is 0 Å². The summed E-state index contributed by atoms with van der Waals surface area (Å²) in [5, 5.41) is 9.74. The van der Waals surface area contributed by atoms with Crippen LogP contribution in [0.15, 0.2) is 24.4 Å². The Morgan fingerprint density at radius 2 is 2.08 bits per heavy atom. The number of H-pyrrole nitrogens is 1. The van der Waals surface area contributed by atoms with Crippen molar-refractivity contribution in [3.05, 3.63) is 24.4 Å². The number of alkyl halides is 2. The van der Waals surface area contributed by atoms with E-state index in [1.54, 1.807) is 6.20 Å². The normalized spacial score (nSPS) is 11.4. The smallest absolute Gasteiger partial charge is 0.255 e. The third kappa shape index (κ3) is 3.33. The van der Waals surface area contributed by atoms with Crippen LogP contribution in [0.1, 0.15) is 13.8 Å². The summed E-state index contributed by atoms with van der Waals surface area (Å²) in [4.78, 5) is 7.79. The van der Waals surface area contributed by atoms with Crippen molar-refractivity contribution in [2.45, 2.75) is 20.3 Å². The molecule has 8 heteroatoms. The highest BCUT2D eigenvalue weighted by atomic mass is 32.1. The van der Waals surface area contributed by atoms with Gasteiger partial charge in [-0.2, -0.15) is 5.10 Å². The second-order valence-corrected chi connectivity index (χ2v) is 6.32. The van der Waals surface area contributed by atoms with Crippen LogP contribution in [-0.2, 0) is 0 Å². The molecular weight excluding hydrogens is 332 g/mol. The summed E-state index contributed by atoms with van der Waals surface area (Å²) >= 11 is 1.51. The minimum Gasteiger partial charge on any atom is -0.378 e. The van der Waals surface area contributed by atoms with Crippen LogP contribution in [0, 0.1) is 0 Å². The number of nitrogens with one attached hydrogen (secondary N) is 2. The van der Waals surface area contributed by atoms with Gasteiger partial charge in [-0.25, -0.2) is 13.8 Å². The van der Waals surface area contributed by atoms with Crippen molar-refractivity contribution >= 4 is 33.1 Å². The molecule has 5 nitrogen and oxygen atoms in total. The number of hydrogen-bond donors (Lipinski definition) is 2. The topological polar surface area (TPSA) is 56.8 Å². The Morgan fingerprint density at radius 3 is 2.71 bits per heavy atom. The average molecular weight is 351 g/mol. The van der Waals surface area contributed by atoms with Crippen LogP contribution in [0.25, 0.3) is 20.8 Å². The molecule has 0 fully saturated rings. The SMILES string of the molecule is CCN(CC)c1cc(NCC(F)F)c2sc(-c3ccn[nH]3)cc2n1. The molecule has 0 atom stereocenters. The molecule has 0 radical (unpaired) electrons. The molecule has 24 heavy (non-hydrogen) atoms. The van der Waals surface area contributed by atoms with Crippen molar-refractivity contribution < 1.29 is 8.78 Å². The molecule has 0 amide bonds. The lowest BCUT2D eigenvalue weighted by Gasteiger charge is -2.21. The largest absolute Gasteiger partial charge is 0.378 e. The first-order chi connectivity index (χ1) is 11.6. The Labute approximate surface area is 142 Å². The molecule has 0 bridgehead atoms. The molecule has 3 heterocycles. The summed E-state index contributed by atoms with van der Waals surface area (Å²) in [5.41, 5.74) is 2.38. The Balaban J connectivity index is 2.08. The summed E-state index contributed by atoms with van der Waals surface area (Å²) < 4.78 is 26.2. The maximum Gasteiger partial charge on any atom is 0.255 e. The molecule has 0 aliphatic carbocycles. The molecule has 0 saturated heterocycles. The highest BCUT2D eigenvalue weighted by molar-refractivity contribution is 7.22. The van der Waals surface area contributed by atoms with Crippen LogP contribution in [0.2, 0.25) is 0 Å². The Bertz CT molecular complexity index is 796. The molecule has 0 saturated carbocycles. The molecule has 0 unspecified atom stereocenters. The van der Waals surface area contributed by atoms with Crippen molar-refractivity contribution in [2.75, 3.05) is 29.9 Å². The molecule has 2 N–H and O–H groups in total. The first kappa shape index (κ1) is 16.6. The maximum absolute atomic E-state index is 12.6. The van der Waals surface area contributed by atoms with E-state index in [1.165, 1.54) is 11.3 Å². The van der Waals surface area contributed by atoms with Gasteiger partial charge in [-0.3, -0.25) is 5.10 Å². The Morgan fingerprint density at radius 1 is 1.29 bits per heavy atom. The number of hydrogen-bond acceptors (Lipinski definition) is 5. The van der Waals surface area contributed by atoms with Gasteiger partial charge >= 0.3 is 0 Å². The van der Waals surface area contributed by atoms with E-state index in [0.717, 1.165) is 39.7 Å². The lowest BCUT2D eigenvalue weighted by atomic mass is 10.3. The minimum absolute atomic E-state index is 0.381. The van der Waals surface area contributed by atoms with Gasteiger partial charge in [0.25, 0.3) is 6.43 Å². The second-order valence-electron chi connectivity index (χ2n) is 5.27. The van der Waals surface area contributed by atoms with Gasteiger partial charge < -0.3 is 10.2 Å². The quantitative estimate of drug-likeness (QED) is 0.669. The van der Waals surface area contributed by atoms with Crippen molar-refractivity contribution in [3.63, 3.8) is 0 Å². The monoisotopic (exact) mass is 351 g/mol. The number of nitrogens with zero attached hydrogens (tertiary/aromatic N) is 3. The third-order valence-electron chi connectivity index (χ3n) is 3.77. The predicted octanol–water partition coefficient (Wildman–Crippen LogP) is 4.21. The van der Waals surface area contributed by atoms with Gasteiger partial charge in [-0.1, -0.05) is 0 Å². The Hall–Kier alpha value is -2.22. The maximum atomic E-state index is 12.6. The van der Waals surface area contributed by atoms with Gasteiger partial charge in [0.15, 0.2) is 0 Å². The van der Waals surface area contributed by atoms with E-state index >= 15 is 0 Å². The van der Waals surface area contributed by atoms with Gasteiger partial charge in [0, 0.05) is 25.4 Å². The lowest BCUT2D eigenvalue weighted by molar-refractivity contribution is 0.163. The van der Waals surface area contributed by atoms with E-state index in [-0.39, 0.29) is 6.54 Å². The molecule has 3 aromatic rings. The molecule has 3 rings (SSSR count). The van der Waals surface area contributed by atoms with E-state index in [1.807, 2.05) is 32.0 Å². The number of pyridine rings is 1. The number of halogens is 2.